The van der Waals surface area contributed by atoms with Crippen LogP contribution in [0.5, 0.6) is 0 Å². The molecule has 0 saturated heterocycles. The van der Waals surface area contributed by atoms with E-state index in [-0.39, 0.29) is 24.4 Å². The van der Waals surface area contributed by atoms with Crippen molar-refractivity contribution in [1.82, 2.24) is 5.32 Å². The van der Waals surface area contributed by atoms with Gasteiger partial charge in [-0.25, -0.2) is 0 Å². The summed E-state index contributed by atoms with van der Waals surface area (Å²) in [7, 11) is 0. The Bertz CT molecular complexity index is 672. The maximum Gasteiger partial charge on any atom is 0.253 e. The smallest absolute Gasteiger partial charge is 0.253 e. The number of hydrogen-bond donors (Lipinski definition) is 2. The number of hydrogen-bond acceptors (Lipinski definition) is 2. The van der Waals surface area contributed by atoms with E-state index in [0.717, 1.165) is 24.0 Å². The van der Waals surface area contributed by atoms with Gasteiger partial charge in [0.25, 0.3) is 5.91 Å². The van der Waals surface area contributed by atoms with Gasteiger partial charge in [-0.2, -0.15) is 0 Å². The largest absolute Gasteiger partial charge is 0.348 e. The van der Waals surface area contributed by atoms with E-state index in [9.17, 15) is 4.79 Å². The summed E-state index contributed by atoms with van der Waals surface area (Å²) >= 11 is 6.21. The SMILES string of the molecule is Cl.NCC(NC(=O)c1cc(-c2ccccc2)ccc1Cl)C1CC1. The molecule has 0 aromatic heterocycles. The van der Waals surface area contributed by atoms with Crippen molar-refractivity contribution in [3.05, 3.63) is 59.1 Å². The maximum absolute atomic E-state index is 12.5. The van der Waals surface area contributed by atoms with Crippen LogP contribution in [0, 0.1) is 5.92 Å². The van der Waals surface area contributed by atoms with Gasteiger partial charge in [-0.3, -0.25) is 4.79 Å². The number of carbonyl (C=O) groups is 1. The van der Waals surface area contributed by atoms with E-state index in [1.807, 2.05) is 42.5 Å². The highest BCUT2D eigenvalue weighted by Crippen LogP contribution is 2.32. The molecule has 23 heavy (non-hydrogen) atoms. The van der Waals surface area contributed by atoms with Gasteiger partial charge in [0.1, 0.15) is 0 Å². The molecule has 3 rings (SSSR count). The van der Waals surface area contributed by atoms with Crippen LogP contribution in [-0.4, -0.2) is 18.5 Å². The summed E-state index contributed by atoms with van der Waals surface area (Å²) in [6.45, 7) is 0.465. The third-order valence-electron chi connectivity index (χ3n) is 4.08. The first-order chi connectivity index (χ1) is 10.7. The molecule has 2 aromatic carbocycles. The molecule has 122 valence electrons. The molecule has 1 unspecified atom stereocenters. The van der Waals surface area contributed by atoms with Gasteiger partial charge in [0.05, 0.1) is 10.6 Å². The van der Waals surface area contributed by atoms with Crippen LogP contribution in [0.15, 0.2) is 48.5 Å². The second-order valence-corrected chi connectivity index (χ2v) is 6.12. The zero-order valence-electron chi connectivity index (χ0n) is 12.7. The van der Waals surface area contributed by atoms with Crippen molar-refractivity contribution in [1.29, 1.82) is 0 Å². The molecule has 0 aliphatic heterocycles. The lowest BCUT2D eigenvalue weighted by Crippen LogP contribution is -2.41. The van der Waals surface area contributed by atoms with Crippen molar-refractivity contribution in [3.8, 4) is 11.1 Å². The number of nitrogens with two attached hydrogens (primary N) is 1. The predicted octanol–water partition coefficient (Wildman–Crippen LogP) is 3.90. The topological polar surface area (TPSA) is 55.1 Å². The van der Waals surface area contributed by atoms with E-state index in [4.69, 9.17) is 17.3 Å². The first-order valence-corrected chi connectivity index (χ1v) is 7.92. The minimum absolute atomic E-state index is 0. The number of carbonyl (C=O) groups excluding carboxylic acids is 1. The van der Waals surface area contributed by atoms with Crippen LogP contribution >= 0.6 is 24.0 Å². The molecule has 3 N–H and O–H groups in total. The quantitative estimate of drug-likeness (QED) is 0.859. The maximum atomic E-state index is 12.5. The molecule has 0 heterocycles. The van der Waals surface area contributed by atoms with Gasteiger partial charge in [0, 0.05) is 12.6 Å². The Morgan fingerprint density at radius 1 is 1.17 bits per heavy atom. The number of halogens is 2. The van der Waals surface area contributed by atoms with Crippen LogP contribution in [0.2, 0.25) is 5.02 Å². The molecule has 0 bridgehead atoms. The third kappa shape index (κ3) is 4.25. The summed E-state index contributed by atoms with van der Waals surface area (Å²) in [6.07, 6.45) is 2.28. The van der Waals surface area contributed by atoms with Gasteiger partial charge < -0.3 is 11.1 Å². The van der Waals surface area contributed by atoms with Crippen molar-refractivity contribution in [2.75, 3.05) is 6.54 Å². The van der Waals surface area contributed by atoms with Gasteiger partial charge in [0.15, 0.2) is 0 Å². The summed E-state index contributed by atoms with van der Waals surface area (Å²) in [5, 5.41) is 3.48. The minimum atomic E-state index is -0.148. The Morgan fingerprint density at radius 2 is 1.87 bits per heavy atom. The molecular weight excluding hydrogens is 331 g/mol. The Balaban J connectivity index is 0.00000192. The fourth-order valence-corrected chi connectivity index (χ4v) is 2.83. The summed E-state index contributed by atoms with van der Waals surface area (Å²) < 4.78 is 0. The fourth-order valence-electron chi connectivity index (χ4n) is 2.62. The van der Waals surface area contributed by atoms with Crippen LogP contribution in [0.25, 0.3) is 11.1 Å². The number of rotatable bonds is 5. The van der Waals surface area contributed by atoms with E-state index in [2.05, 4.69) is 5.32 Å². The molecule has 1 aliphatic rings. The lowest BCUT2D eigenvalue weighted by Gasteiger charge is -2.17. The van der Waals surface area contributed by atoms with Crippen LogP contribution in [0.4, 0.5) is 0 Å². The van der Waals surface area contributed by atoms with Gasteiger partial charge in [0.2, 0.25) is 0 Å². The lowest BCUT2D eigenvalue weighted by molar-refractivity contribution is 0.0933. The zero-order chi connectivity index (χ0) is 15.5. The van der Waals surface area contributed by atoms with Crippen LogP contribution in [-0.2, 0) is 0 Å². The Labute approximate surface area is 147 Å². The molecule has 5 heteroatoms. The first kappa shape index (κ1) is 17.8. The van der Waals surface area contributed by atoms with Gasteiger partial charge in [-0.1, -0.05) is 48.0 Å². The van der Waals surface area contributed by atoms with Crippen LogP contribution < -0.4 is 11.1 Å². The number of amides is 1. The molecule has 0 spiro atoms. The molecule has 2 aromatic rings. The third-order valence-corrected chi connectivity index (χ3v) is 4.41. The molecule has 3 nitrogen and oxygen atoms in total. The minimum Gasteiger partial charge on any atom is -0.348 e. The van der Waals surface area contributed by atoms with E-state index in [0.29, 0.717) is 23.0 Å². The summed E-state index contributed by atoms with van der Waals surface area (Å²) in [6, 6.07) is 15.5. The van der Waals surface area contributed by atoms with E-state index >= 15 is 0 Å². The monoisotopic (exact) mass is 350 g/mol. The summed E-state index contributed by atoms with van der Waals surface area (Å²) in [4.78, 5) is 12.5. The Kier molecular flexibility index (Phi) is 6.05. The second kappa shape index (κ2) is 7.82. The molecule has 1 fully saturated rings. The van der Waals surface area contributed by atoms with Crippen LogP contribution in [0.3, 0.4) is 0 Å². The van der Waals surface area contributed by atoms with Crippen molar-refractivity contribution < 1.29 is 4.79 Å². The average Bonchev–Trinajstić information content (AvgIpc) is 3.38. The highest BCUT2D eigenvalue weighted by atomic mass is 35.5. The lowest BCUT2D eigenvalue weighted by atomic mass is 10.0. The highest BCUT2D eigenvalue weighted by molar-refractivity contribution is 6.34. The number of benzene rings is 2. The highest BCUT2D eigenvalue weighted by Gasteiger charge is 2.31. The van der Waals surface area contributed by atoms with E-state index < -0.39 is 0 Å². The molecule has 1 aliphatic carbocycles. The molecular formula is C18H20Cl2N2O. The Morgan fingerprint density at radius 3 is 2.48 bits per heavy atom. The fraction of sp³-hybridized carbons (Fsp3) is 0.278. The van der Waals surface area contributed by atoms with Crippen molar-refractivity contribution in [2.24, 2.45) is 11.7 Å². The van der Waals surface area contributed by atoms with Gasteiger partial charge >= 0.3 is 0 Å². The molecule has 1 atom stereocenters. The average molecular weight is 351 g/mol. The van der Waals surface area contributed by atoms with E-state index in [1.165, 1.54) is 0 Å². The van der Waals surface area contributed by atoms with Gasteiger partial charge in [-0.15, -0.1) is 12.4 Å². The second-order valence-electron chi connectivity index (χ2n) is 5.71. The molecule has 0 radical (unpaired) electrons. The standard InChI is InChI=1S/C18H19ClN2O.ClH/c19-16-9-8-14(12-4-2-1-3-5-12)10-15(16)18(22)21-17(11-20)13-6-7-13;/h1-5,8-10,13,17H,6-7,11,20H2,(H,21,22);1H. The van der Waals surface area contributed by atoms with Crippen molar-refractivity contribution >= 4 is 29.9 Å². The summed E-state index contributed by atoms with van der Waals surface area (Å²) in [5.41, 5.74) is 8.29. The van der Waals surface area contributed by atoms with E-state index in [1.54, 1.807) is 6.07 Å². The molecule has 1 amide bonds. The summed E-state index contributed by atoms with van der Waals surface area (Å²) in [5.74, 6) is 0.371. The first-order valence-electron chi connectivity index (χ1n) is 7.55. The normalized spacial score (nSPS) is 14.7. The Hall–Kier alpha value is -1.55. The molecule has 1 saturated carbocycles. The number of nitrogens with one attached hydrogen (secondary N) is 1. The predicted molar refractivity (Wildman–Crippen MR) is 97.2 cm³/mol. The van der Waals surface area contributed by atoms with Crippen molar-refractivity contribution in [3.63, 3.8) is 0 Å². The van der Waals surface area contributed by atoms with Gasteiger partial charge in [-0.05, 0) is 42.0 Å². The van der Waals surface area contributed by atoms with Crippen molar-refractivity contribution in [2.45, 2.75) is 18.9 Å². The zero-order valence-corrected chi connectivity index (χ0v) is 14.2. The van der Waals surface area contributed by atoms with Crippen LogP contribution in [0.1, 0.15) is 23.2 Å².